The number of rotatable bonds is 2. The fraction of sp³-hybridized carbons (Fsp3) is 0.250. The minimum absolute atomic E-state index is 0.243. The van der Waals surface area contributed by atoms with E-state index in [1.54, 1.807) is 0 Å². The van der Waals surface area contributed by atoms with Crippen LogP contribution in [0.1, 0.15) is 15.9 Å². The summed E-state index contributed by atoms with van der Waals surface area (Å²) in [5, 5.41) is 8.59. The van der Waals surface area contributed by atoms with Crippen LogP contribution < -0.4 is 4.74 Å². The first-order chi connectivity index (χ1) is 8.42. The molecule has 11 heteroatoms. The van der Waals surface area contributed by atoms with Crippen LogP contribution in [0.15, 0.2) is 10.7 Å². The lowest BCUT2D eigenvalue weighted by atomic mass is 10.1. The van der Waals surface area contributed by atoms with Crippen molar-refractivity contribution in [3.05, 3.63) is 21.8 Å². The summed E-state index contributed by atoms with van der Waals surface area (Å²) < 4.78 is 76.2. The Balaban J connectivity index is 3.54. The Labute approximate surface area is 109 Å². The molecule has 1 aromatic heterocycles. The lowest BCUT2D eigenvalue weighted by Gasteiger charge is -2.15. The molecule has 0 amide bonds. The smallest absolute Gasteiger partial charge is 0.477 e. The van der Waals surface area contributed by atoms with Crippen LogP contribution in [0.2, 0.25) is 0 Å². The molecular weight excluding hydrogens is 352 g/mol. The summed E-state index contributed by atoms with van der Waals surface area (Å²) in [5.74, 6) is -3.94. The molecule has 0 aliphatic rings. The second-order valence-corrected chi connectivity index (χ2v) is 3.84. The maximum absolute atomic E-state index is 12.6. The van der Waals surface area contributed by atoms with Crippen LogP contribution >= 0.6 is 15.9 Å². The Hall–Kier alpha value is -1.52. The van der Waals surface area contributed by atoms with Crippen LogP contribution in [-0.4, -0.2) is 22.4 Å². The van der Waals surface area contributed by atoms with Crippen molar-refractivity contribution in [3.8, 4) is 5.88 Å². The maximum atomic E-state index is 12.6. The van der Waals surface area contributed by atoms with Crippen molar-refractivity contribution in [1.82, 2.24) is 4.98 Å². The van der Waals surface area contributed by atoms with Crippen molar-refractivity contribution in [2.75, 3.05) is 0 Å². The lowest BCUT2D eigenvalue weighted by Crippen LogP contribution is -2.22. The Kier molecular flexibility index (Phi) is 3.98. The van der Waals surface area contributed by atoms with Crippen molar-refractivity contribution in [1.29, 1.82) is 0 Å². The van der Waals surface area contributed by atoms with E-state index < -0.39 is 40.1 Å². The Morgan fingerprint density at radius 3 is 2.16 bits per heavy atom. The molecule has 0 unspecified atom stereocenters. The van der Waals surface area contributed by atoms with Gasteiger partial charge in [-0.1, -0.05) is 0 Å². The van der Waals surface area contributed by atoms with Gasteiger partial charge in [0.25, 0.3) is 0 Å². The van der Waals surface area contributed by atoms with Crippen LogP contribution in [0.25, 0.3) is 0 Å². The number of aromatic nitrogens is 1. The van der Waals surface area contributed by atoms with E-state index in [9.17, 15) is 31.1 Å². The quantitative estimate of drug-likeness (QED) is 0.653. The van der Waals surface area contributed by atoms with Crippen molar-refractivity contribution < 1.29 is 41.0 Å². The number of carboxylic acids is 1. The van der Waals surface area contributed by atoms with Crippen molar-refractivity contribution in [2.45, 2.75) is 12.5 Å². The van der Waals surface area contributed by atoms with Crippen LogP contribution in [0.4, 0.5) is 26.3 Å². The second-order valence-electron chi connectivity index (χ2n) is 3.02. The van der Waals surface area contributed by atoms with Gasteiger partial charge in [-0.05, 0) is 22.0 Å². The number of carboxylic acid groups (broad SMARTS) is 1. The van der Waals surface area contributed by atoms with E-state index >= 15 is 0 Å². The highest BCUT2D eigenvalue weighted by Crippen LogP contribution is 2.38. The molecule has 106 valence electrons. The predicted molar refractivity (Wildman–Crippen MR) is 50.6 cm³/mol. The number of pyridine rings is 1. The number of alkyl halides is 6. The van der Waals surface area contributed by atoms with E-state index in [0.717, 1.165) is 0 Å². The molecule has 0 spiro atoms. The van der Waals surface area contributed by atoms with E-state index in [2.05, 4.69) is 25.7 Å². The SMILES string of the molecule is O=C(O)c1c(C(F)(F)F)cc(Br)nc1OC(F)(F)F. The largest absolute Gasteiger partial charge is 0.574 e. The molecule has 0 aliphatic carbocycles. The third-order valence-corrected chi connectivity index (χ3v) is 2.09. The summed E-state index contributed by atoms with van der Waals surface area (Å²) in [5.41, 5.74) is -3.52. The third-order valence-electron chi connectivity index (χ3n) is 1.69. The van der Waals surface area contributed by atoms with E-state index in [4.69, 9.17) is 5.11 Å². The number of hydrogen-bond donors (Lipinski definition) is 1. The topological polar surface area (TPSA) is 59.4 Å². The summed E-state index contributed by atoms with van der Waals surface area (Å²) in [6, 6.07) is 0.243. The van der Waals surface area contributed by atoms with Gasteiger partial charge in [0.2, 0.25) is 5.88 Å². The third kappa shape index (κ3) is 3.98. The van der Waals surface area contributed by atoms with E-state index in [-0.39, 0.29) is 6.07 Å². The standard InChI is InChI=1S/C8H2BrF6NO3/c9-3-1-2(7(10,11)12)4(6(17)18)5(16-3)19-8(13,14)15/h1H,(H,17,18). The molecule has 0 aromatic carbocycles. The first kappa shape index (κ1) is 15.5. The maximum Gasteiger partial charge on any atom is 0.574 e. The van der Waals surface area contributed by atoms with Crippen LogP contribution in [0.5, 0.6) is 5.88 Å². The molecule has 0 saturated heterocycles. The van der Waals surface area contributed by atoms with Crippen molar-refractivity contribution in [2.24, 2.45) is 0 Å². The molecule has 0 atom stereocenters. The average molecular weight is 354 g/mol. The van der Waals surface area contributed by atoms with Gasteiger partial charge < -0.3 is 9.84 Å². The van der Waals surface area contributed by atoms with E-state index in [1.807, 2.05) is 0 Å². The lowest BCUT2D eigenvalue weighted by molar-refractivity contribution is -0.276. The molecule has 1 aromatic rings. The van der Waals surface area contributed by atoms with Gasteiger partial charge in [-0.15, -0.1) is 13.2 Å². The number of nitrogens with zero attached hydrogens (tertiary/aromatic N) is 1. The highest BCUT2D eigenvalue weighted by molar-refractivity contribution is 9.10. The number of aromatic carboxylic acids is 1. The van der Waals surface area contributed by atoms with Crippen LogP contribution in [0, 0.1) is 0 Å². The first-order valence-corrected chi connectivity index (χ1v) is 4.98. The fourth-order valence-corrected chi connectivity index (χ4v) is 1.50. The highest BCUT2D eigenvalue weighted by Gasteiger charge is 2.41. The van der Waals surface area contributed by atoms with Gasteiger partial charge >= 0.3 is 18.5 Å². The minimum atomic E-state index is -5.37. The summed E-state index contributed by atoms with van der Waals surface area (Å²) in [7, 11) is 0. The molecule has 0 radical (unpaired) electrons. The molecule has 0 aliphatic heterocycles. The van der Waals surface area contributed by atoms with Crippen molar-refractivity contribution >= 4 is 21.9 Å². The molecule has 1 heterocycles. The zero-order valence-electron chi connectivity index (χ0n) is 8.43. The first-order valence-electron chi connectivity index (χ1n) is 4.18. The minimum Gasteiger partial charge on any atom is -0.477 e. The zero-order valence-corrected chi connectivity index (χ0v) is 10.0. The molecule has 4 nitrogen and oxygen atoms in total. The Morgan fingerprint density at radius 2 is 1.79 bits per heavy atom. The van der Waals surface area contributed by atoms with Gasteiger partial charge in [0.1, 0.15) is 10.2 Å². The van der Waals surface area contributed by atoms with Crippen LogP contribution in [0.3, 0.4) is 0 Å². The van der Waals surface area contributed by atoms with Gasteiger partial charge in [0, 0.05) is 0 Å². The van der Waals surface area contributed by atoms with Gasteiger partial charge in [-0.2, -0.15) is 13.2 Å². The summed E-state index contributed by atoms with van der Waals surface area (Å²) >= 11 is 2.44. The monoisotopic (exact) mass is 353 g/mol. The average Bonchev–Trinajstić information content (AvgIpc) is 2.11. The molecule has 1 rings (SSSR count). The second kappa shape index (κ2) is 4.87. The molecule has 0 fully saturated rings. The summed E-state index contributed by atoms with van der Waals surface area (Å²) in [6.45, 7) is 0. The van der Waals surface area contributed by atoms with Gasteiger partial charge in [0.05, 0.1) is 5.56 Å². The van der Waals surface area contributed by atoms with Gasteiger partial charge in [-0.3, -0.25) is 0 Å². The zero-order chi connectivity index (χ0) is 15.0. The number of hydrogen-bond acceptors (Lipinski definition) is 3. The molecular formula is C8H2BrF6NO3. The number of halogens is 7. The van der Waals surface area contributed by atoms with Gasteiger partial charge in [-0.25, -0.2) is 9.78 Å². The van der Waals surface area contributed by atoms with Gasteiger partial charge in [0.15, 0.2) is 0 Å². The normalized spacial score (nSPS) is 12.4. The molecule has 1 N–H and O–H groups in total. The Bertz CT molecular complexity index is 512. The van der Waals surface area contributed by atoms with Crippen LogP contribution in [-0.2, 0) is 6.18 Å². The Morgan fingerprint density at radius 1 is 1.26 bits per heavy atom. The van der Waals surface area contributed by atoms with E-state index in [0.29, 0.717) is 0 Å². The number of carbonyl (C=O) groups is 1. The number of ether oxygens (including phenoxy) is 1. The molecule has 0 saturated carbocycles. The molecule has 0 bridgehead atoms. The summed E-state index contributed by atoms with van der Waals surface area (Å²) in [6.07, 6.45) is -10.6. The fourth-order valence-electron chi connectivity index (χ4n) is 1.11. The molecule has 19 heavy (non-hydrogen) atoms. The predicted octanol–water partition coefficient (Wildman–Crippen LogP) is 3.46. The van der Waals surface area contributed by atoms with Crippen molar-refractivity contribution in [3.63, 3.8) is 0 Å². The van der Waals surface area contributed by atoms with E-state index in [1.165, 1.54) is 0 Å². The highest BCUT2D eigenvalue weighted by atomic mass is 79.9. The summed E-state index contributed by atoms with van der Waals surface area (Å²) in [4.78, 5) is 13.6.